The predicted molar refractivity (Wildman–Crippen MR) is 84.0 cm³/mol. The van der Waals surface area contributed by atoms with Crippen LogP contribution in [0.15, 0.2) is 54.6 Å². The van der Waals surface area contributed by atoms with E-state index in [1.807, 2.05) is 0 Å². The van der Waals surface area contributed by atoms with Crippen LogP contribution in [0.25, 0.3) is 6.08 Å². The summed E-state index contributed by atoms with van der Waals surface area (Å²) in [6.45, 7) is 0.0741. The minimum atomic E-state index is -0.929. The van der Waals surface area contributed by atoms with Gasteiger partial charge in [-0.2, -0.15) is 0 Å². The normalized spacial score (nSPS) is 10.7. The molecule has 0 radical (unpaired) electrons. The van der Waals surface area contributed by atoms with E-state index in [0.717, 1.165) is 5.56 Å². The molecule has 0 amide bonds. The summed E-state index contributed by atoms with van der Waals surface area (Å²) in [6.07, 6.45) is 2.86. The Morgan fingerprint density at radius 1 is 1.13 bits per heavy atom. The van der Waals surface area contributed by atoms with Gasteiger partial charge in [0.1, 0.15) is 11.6 Å². The maximum atomic E-state index is 13.1. The Kier molecular flexibility index (Phi) is 5.63. The van der Waals surface area contributed by atoms with E-state index in [0.29, 0.717) is 5.75 Å². The van der Waals surface area contributed by atoms with Gasteiger partial charge in [-0.05, 0) is 35.9 Å². The standard InChI is InChI=1S/C18H15FO4/c19-15-5-2-4-14(12-15)17(20)8-7-13-3-1-6-16(11-13)23-10-9-18(21)22/h1-8,11-12H,9-10H2,(H,21,22). The number of carbonyl (C=O) groups is 2. The summed E-state index contributed by atoms with van der Waals surface area (Å²) in [5.74, 6) is -1.17. The maximum Gasteiger partial charge on any atom is 0.306 e. The van der Waals surface area contributed by atoms with Crippen molar-refractivity contribution >= 4 is 17.8 Å². The van der Waals surface area contributed by atoms with Crippen LogP contribution < -0.4 is 4.74 Å². The highest BCUT2D eigenvalue weighted by Crippen LogP contribution is 2.15. The zero-order valence-electron chi connectivity index (χ0n) is 12.2. The first-order chi connectivity index (χ1) is 11.0. The van der Waals surface area contributed by atoms with E-state index in [-0.39, 0.29) is 24.4 Å². The second-order valence-electron chi connectivity index (χ2n) is 4.77. The molecule has 118 valence electrons. The molecule has 0 atom stereocenters. The van der Waals surface area contributed by atoms with Gasteiger partial charge >= 0.3 is 5.97 Å². The number of aliphatic carboxylic acids is 1. The van der Waals surface area contributed by atoms with Crippen molar-refractivity contribution in [3.63, 3.8) is 0 Å². The monoisotopic (exact) mass is 314 g/mol. The Morgan fingerprint density at radius 3 is 2.65 bits per heavy atom. The number of ketones is 1. The van der Waals surface area contributed by atoms with Crippen LogP contribution in [0.4, 0.5) is 4.39 Å². The molecule has 0 saturated heterocycles. The van der Waals surface area contributed by atoms with Crippen LogP contribution >= 0.6 is 0 Å². The lowest BCUT2D eigenvalue weighted by Crippen LogP contribution is -2.04. The average Bonchev–Trinajstić information content (AvgIpc) is 2.52. The quantitative estimate of drug-likeness (QED) is 0.627. The highest BCUT2D eigenvalue weighted by molar-refractivity contribution is 6.06. The van der Waals surface area contributed by atoms with Gasteiger partial charge in [0, 0.05) is 5.56 Å². The topological polar surface area (TPSA) is 63.6 Å². The molecule has 4 nitrogen and oxygen atoms in total. The van der Waals surface area contributed by atoms with Crippen LogP contribution in [-0.2, 0) is 4.79 Å². The highest BCUT2D eigenvalue weighted by atomic mass is 19.1. The Morgan fingerprint density at radius 2 is 1.91 bits per heavy atom. The van der Waals surface area contributed by atoms with Crippen molar-refractivity contribution in [3.8, 4) is 5.75 Å². The number of ether oxygens (including phenoxy) is 1. The molecule has 0 heterocycles. The molecule has 0 spiro atoms. The van der Waals surface area contributed by atoms with Gasteiger partial charge in [0.05, 0.1) is 13.0 Å². The van der Waals surface area contributed by atoms with Gasteiger partial charge in [0.15, 0.2) is 5.78 Å². The molecular weight excluding hydrogens is 299 g/mol. The summed E-state index contributed by atoms with van der Waals surface area (Å²) in [5, 5.41) is 8.56. The van der Waals surface area contributed by atoms with Gasteiger partial charge in [-0.25, -0.2) is 4.39 Å². The highest BCUT2D eigenvalue weighted by Gasteiger charge is 2.03. The average molecular weight is 314 g/mol. The van der Waals surface area contributed by atoms with Crippen molar-refractivity contribution in [2.75, 3.05) is 6.61 Å². The maximum absolute atomic E-state index is 13.1. The van der Waals surface area contributed by atoms with Crippen molar-refractivity contribution in [3.05, 3.63) is 71.6 Å². The Labute approximate surface area is 132 Å². The van der Waals surface area contributed by atoms with E-state index in [9.17, 15) is 14.0 Å². The van der Waals surface area contributed by atoms with Crippen LogP contribution in [0.5, 0.6) is 5.75 Å². The van der Waals surface area contributed by atoms with Crippen LogP contribution in [0.1, 0.15) is 22.3 Å². The summed E-state index contributed by atoms with van der Waals surface area (Å²) in [7, 11) is 0. The zero-order chi connectivity index (χ0) is 16.7. The van der Waals surface area contributed by atoms with E-state index in [1.165, 1.54) is 24.3 Å². The second-order valence-corrected chi connectivity index (χ2v) is 4.77. The van der Waals surface area contributed by atoms with Gasteiger partial charge in [-0.1, -0.05) is 30.3 Å². The summed E-state index contributed by atoms with van der Waals surface area (Å²) < 4.78 is 18.4. The fraction of sp³-hybridized carbons (Fsp3) is 0.111. The third-order valence-corrected chi connectivity index (χ3v) is 2.98. The molecule has 2 aromatic rings. The van der Waals surface area contributed by atoms with Crippen LogP contribution in [0.3, 0.4) is 0 Å². The number of carboxylic acid groups (broad SMARTS) is 1. The van der Waals surface area contributed by atoms with E-state index in [4.69, 9.17) is 9.84 Å². The molecule has 2 aromatic carbocycles. The summed E-state index contributed by atoms with van der Waals surface area (Å²) in [5.41, 5.74) is 0.998. The van der Waals surface area contributed by atoms with Gasteiger partial charge in [-0.15, -0.1) is 0 Å². The molecule has 0 aliphatic heterocycles. The molecule has 2 rings (SSSR count). The largest absolute Gasteiger partial charge is 0.493 e. The fourth-order valence-electron chi connectivity index (χ4n) is 1.87. The van der Waals surface area contributed by atoms with Crippen molar-refractivity contribution in [2.45, 2.75) is 6.42 Å². The van der Waals surface area contributed by atoms with E-state index in [2.05, 4.69) is 0 Å². The third kappa shape index (κ3) is 5.39. The molecule has 0 saturated carbocycles. The van der Waals surface area contributed by atoms with Crippen LogP contribution in [-0.4, -0.2) is 23.5 Å². The van der Waals surface area contributed by atoms with E-state index >= 15 is 0 Å². The molecule has 1 N–H and O–H groups in total. The molecule has 0 aromatic heterocycles. The number of allylic oxidation sites excluding steroid dienone is 1. The lowest BCUT2D eigenvalue weighted by molar-refractivity contribution is -0.137. The number of hydrogen-bond donors (Lipinski definition) is 1. The van der Waals surface area contributed by atoms with Crippen molar-refractivity contribution in [1.82, 2.24) is 0 Å². The Hall–Kier alpha value is -2.95. The second kappa shape index (κ2) is 7.89. The van der Waals surface area contributed by atoms with Crippen molar-refractivity contribution < 1.29 is 23.8 Å². The zero-order valence-corrected chi connectivity index (χ0v) is 12.2. The molecule has 0 bridgehead atoms. The van der Waals surface area contributed by atoms with Crippen molar-refractivity contribution in [1.29, 1.82) is 0 Å². The van der Waals surface area contributed by atoms with Gasteiger partial charge in [0.2, 0.25) is 0 Å². The molecule has 0 fully saturated rings. The lowest BCUT2D eigenvalue weighted by atomic mass is 10.1. The van der Waals surface area contributed by atoms with Crippen LogP contribution in [0.2, 0.25) is 0 Å². The molecule has 23 heavy (non-hydrogen) atoms. The van der Waals surface area contributed by atoms with E-state index < -0.39 is 11.8 Å². The Balaban J connectivity index is 2.02. The minimum absolute atomic E-state index is 0.0741. The van der Waals surface area contributed by atoms with E-state index in [1.54, 1.807) is 36.4 Å². The third-order valence-electron chi connectivity index (χ3n) is 2.98. The lowest BCUT2D eigenvalue weighted by Gasteiger charge is -2.05. The Bertz CT molecular complexity index is 737. The summed E-state index contributed by atoms with van der Waals surface area (Å²) in [6, 6.07) is 12.4. The first kappa shape index (κ1) is 16.4. The number of hydrogen-bond acceptors (Lipinski definition) is 3. The molecule has 0 unspecified atom stereocenters. The number of rotatable bonds is 7. The summed E-state index contributed by atoms with van der Waals surface area (Å²) >= 11 is 0. The smallest absolute Gasteiger partial charge is 0.306 e. The fourth-order valence-corrected chi connectivity index (χ4v) is 1.87. The number of halogens is 1. The SMILES string of the molecule is O=C(O)CCOc1cccc(C=CC(=O)c2cccc(F)c2)c1. The molecule has 0 aliphatic carbocycles. The molecule has 0 aliphatic rings. The van der Waals surface area contributed by atoms with Crippen LogP contribution in [0, 0.1) is 5.82 Å². The first-order valence-corrected chi connectivity index (χ1v) is 6.97. The van der Waals surface area contributed by atoms with Gasteiger partial charge < -0.3 is 9.84 Å². The van der Waals surface area contributed by atoms with Crippen molar-refractivity contribution in [2.24, 2.45) is 0 Å². The first-order valence-electron chi connectivity index (χ1n) is 6.97. The number of carboxylic acids is 1. The number of carbonyl (C=O) groups excluding carboxylic acids is 1. The van der Waals surface area contributed by atoms with Gasteiger partial charge in [-0.3, -0.25) is 9.59 Å². The summed E-state index contributed by atoms with van der Waals surface area (Å²) in [4.78, 5) is 22.4. The van der Waals surface area contributed by atoms with Gasteiger partial charge in [0.25, 0.3) is 0 Å². The minimum Gasteiger partial charge on any atom is -0.493 e. The molecule has 5 heteroatoms. The molecular formula is C18H15FO4. The predicted octanol–water partition coefficient (Wildman–Crippen LogP) is 3.58. The number of benzene rings is 2.